The first-order valence-electron chi connectivity index (χ1n) is 5.16. The smallest absolute Gasteiger partial charge is 0.339 e. The Morgan fingerprint density at radius 3 is 2.75 bits per heavy atom. The molecule has 1 saturated carbocycles. The number of aromatic carboxylic acids is 1. The van der Waals surface area contributed by atoms with E-state index in [1.807, 2.05) is 14.1 Å². The summed E-state index contributed by atoms with van der Waals surface area (Å²) < 4.78 is 5.63. The predicted octanol–water partition coefficient (Wildman–Crippen LogP) is 1.39. The highest BCUT2D eigenvalue weighted by atomic mass is 16.5. The summed E-state index contributed by atoms with van der Waals surface area (Å²) in [6.07, 6.45) is 3.61. The van der Waals surface area contributed by atoms with E-state index in [4.69, 9.17) is 9.84 Å². The van der Waals surface area contributed by atoms with Crippen LogP contribution >= 0.6 is 0 Å². The van der Waals surface area contributed by atoms with Gasteiger partial charge in [0.15, 0.2) is 11.6 Å². The molecule has 1 aromatic heterocycles. The molecule has 1 aliphatic carbocycles. The zero-order valence-corrected chi connectivity index (χ0v) is 9.30. The van der Waals surface area contributed by atoms with Crippen LogP contribution in [0.2, 0.25) is 0 Å². The maximum atomic E-state index is 11.1. The van der Waals surface area contributed by atoms with Crippen LogP contribution in [0, 0.1) is 0 Å². The molecule has 0 aliphatic heterocycles. The second-order valence-corrected chi connectivity index (χ2v) is 4.03. The van der Waals surface area contributed by atoms with Crippen LogP contribution in [0.4, 0.5) is 5.82 Å². The molecule has 86 valence electrons. The molecular formula is C11H14N2O3. The van der Waals surface area contributed by atoms with Crippen molar-refractivity contribution in [3.8, 4) is 5.75 Å². The summed E-state index contributed by atoms with van der Waals surface area (Å²) >= 11 is 0. The predicted molar refractivity (Wildman–Crippen MR) is 59.2 cm³/mol. The van der Waals surface area contributed by atoms with Gasteiger partial charge in [-0.25, -0.2) is 9.78 Å². The van der Waals surface area contributed by atoms with Gasteiger partial charge >= 0.3 is 5.97 Å². The minimum atomic E-state index is -0.985. The summed E-state index contributed by atoms with van der Waals surface area (Å²) in [5.41, 5.74) is 0.172. The van der Waals surface area contributed by atoms with Gasteiger partial charge in [0.05, 0.1) is 6.10 Å². The first-order valence-corrected chi connectivity index (χ1v) is 5.16. The molecule has 0 unspecified atom stereocenters. The first-order chi connectivity index (χ1) is 7.59. The number of ether oxygens (including phenoxy) is 1. The van der Waals surface area contributed by atoms with Gasteiger partial charge in [-0.1, -0.05) is 0 Å². The van der Waals surface area contributed by atoms with Crippen molar-refractivity contribution in [2.45, 2.75) is 18.9 Å². The minimum absolute atomic E-state index is 0.154. The summed E-state index contributed by atoms with van der Waals surface area (Å²) in [5, 5.41) is 9.08. The van der Waals surface area contributed by atoms with Crippen molar-refractivity contribution in [1.82, 2.24) is 4.98 Å². The maximum Gasteiger partial charge on any atom is 0.339 e. The van der Waals surface area contributed by atoms with E-state index in [0.29, 0.717) is 11.6 Å². The molecule has 1 aliphatic rings. The maximum absolute atomic E-state index is 11.1. The number of carboxylic acids is 1. The molecule has 5 nitrogen and oxygen atoms in total. The minimum Gasteiger partial charge on any atom is -0.486 e. The Morgan fingerprint density at radius 1 is 1.56 bits per heavy atom. The van der Waals surface area contributed by atoms with Crippen molar-refractivity contribution in [3.63, 3.8) is 0 Å². The highest BCUT2D eigenvalue weighted by Gasteiger charge is 2.28. The van der Waals surface area contributed by atoms with Gasteiger partial charge in [-0.15, -0.1) is 0 Å². The van der Waals surface area contributed by atoms with Crippen LogP contribution in [0.1, 0.15) is 23.2 Å². The van der Waals surface area contributed by atoms with Crippen molar-refractivity contribution in [2.75, 3.05) is 19.0 Å². The van der Waals surface area contributed by atoms with Gasteiger partial charge in [0.1, 0.15) is 5.56 Å². The van der Waals surface area contributed by atoms with Crippen molar-refractivity contribution in [3.05, 3.63) is 17.8 Å². The number of hydrogen-bond acceptors (Lipinski definition) is 4. The van der Waals surface area contributed by atoms with Crippen molar-refractivity contribution < 1.29 is 14.6 Å². The average molecular weight is 222 g/mol. The average Bonchev–Trinajstić information content (AvgIpc) is 3.01. The van der Waals surface area contributed by atoms with Crippen LogP contribution in [0.15, 0.2) is 12.3 Å². The number of rotatable bonds is 4. The highest BCUT2D eigenvalue weighted by Crippen LogP contribution is 2.34. The molecule has 16 heavy (non-hydrogen) atoms. The number of hydrogen-bond donors (Lipinski definition) is 1. The van der Waals surface area contributed by atoms with Crippen molar-refractivity contribution in [1.29, 1.82) is 0 Å². The lowest BCUT2D eigenvalue weighted by Crippen LogP contribution is -2.15. The van der Waals surface area contributed by atoms with E-state index < -0.39 is 5.97 Å². The lowest BCUT2D eigenvalue weighted by molar-refractivity contribution is 0.0692. The number of aromatic nitrogens is 1. The molecule has 2 rings (SSSR count). The van der Waals surface area contributed by atoms with Gasteiger partial charge in [0.25, 0.3) is 0 Å². The number of carbonyl (C=O) groups is 1. The molecule has 0 aromatic carbocycles. The Bertz CT molecular complexity index is 414. The van der Waals surface area contributed by atoms with E-state index in [-0.39, 0.29) is 11.7 Å². The van der Waals surface area contributed by atoms with Gasteiger partial charge in [-0.05, 0) is 18.9 Å². The Labute approximate surface area is 93.7 Å². The van der Waals surface area contributed by atoms with Gasteiger partial charge in [-0.3, -0.25) is 0 Å². The summed E-state index contributed by atoms with van der Waals surface area (Å²) in [5.74, 6) is -0.0459. The summed E-state index contributed by atoms with van der Waals surface area (Å²) in [4.78, 5) is 17.0. The van der Waals surface area contributed by atoms with Crippen LogP contribution in [0.5, 0.6) is 5.75 Å². The molecule has 0 atom stereocenters. The van der Waals surface area contributed by atoms with Gasteiger partial charge in [0.2, 0.25) is 0 Å². The van der Waals surface area contributed by atoms with Gasteiger partial charge in [0, 0.05) is 20.3 Å². The fraction of sp³-hybridized carbons (Fsp3) is 0.455. The van der Waals surface area contributed by atoms with Crippen molar-refractivity contribution >= 4 is 11.8 Å². The van der Waals surface area contributed by atoms with Gasteiger partial charge in [-0.2, -0.15) is 0 Å². The number of pyridine rings is 1. The molecule has 0 radical (unpaired) electrons. The third kappa shape index (κ3) is 2.08. The van der Waals surface area contributed by atoms with E-state index in [1.54, 1.807) is 4.90 Å². The standard InChI is InChI=1S/C11H14N2O3/c1-13(2)10-9(16-7-3-4-7)8(11(14)15)5-6-12-10/h5-7H,3-4H2,1-2H3,(H,14,15). The number of carboxylic acid groups (broad SMARTS) is 1. The Morgan fingerprint density at radius 2 is 2.25 bits per heavy atom. The molecule has 1 N–H and O–H groups in total. The fourth-order valence-electron chi connectivity index (χ4n) is 1.39. The second-order valence-electron chi connectivity index (χ2n) is 4.03. The summed E-state index contributed by atoms with van der Waals surface area (Å²) in [7, 11) is 3.63. The normalized spacial score (nSPS) is 14.6. The van der Waals surface area contributed by atoms with Crippen LogP contribution in [0.25, 0.3) is 0 Å². The Kier molecular flexibility index (Phi) is 2.68. The summed E-state index contributed by atoms with van der Waals surface area (Å²) in [6.45, 7) is 0. The van der Waals surface area contributed by atoms with E-state index in [0.717, 1.165) is 12.8 Å². The second kappa shape index (κ2) is 4.00. The van der Waals surface area contributed by atoms with Crippen molar-refractivity contribution in [2.24, 2.45) is 0 Å². The summed E-state index contributed by atoms with van der Waals surface area (Å²) in [6, 6.07) is 1.47. The van der Waals surface area contributed by atoms with Crippen LogP contribution < -0.4 is 9.64 Å². The quantitative estimate of drug-likeness (QED) is 0.834. The number of nitrogens with zero attached hydrogens (tertiary/aromatic N) is 2. The SMILES string of the molecule is CN(C)c1nccc(C(=O)O)c1OC1CC1. The zero-order chi connectivity index (χ0) is 11.7. The number of anilines is 1. The largest absolute Gasteiger partial charge is 0.486 e. The van der Waals surface area contributed by atoms with Crippen LogP contribution in [-0.2, 0) is 0 Å². The Hall–Kier alpha value is -1.78. The zero-order valence-electron chi connectivity index (χ0n) is 9.30. The molecule has 0 amide bonds. The molecule has 0 saturated heterocycles. The molecule has 5 heteroatoms. The first kappa shape index (κ1) is 10.7. The van der Waals surface area contributed by atoms with Gasteiger partial charge < -0.3 is 14.7 Å². The molecule has 1 aromatic rings. The van der Waals surface area contributed by atoms with Crippen LogP contribution in [-0.4, -0.2) is 36.3 Å². The molecule has 1 fully saturated rings. The lowest BCUT2D eigenvalue weighted by atomic mass is 10.2. The third-order valence-electron chi connectivity index (χ3n) is 2.35. The molecule has 0 bridgehead atoms. The highest BCUT2D eigenvalue weighted by molar-refractivity contribution is 5.92. The molecule has 1 heterocycles. The van der Waals surface area contributed by atoms with E-state index in [9.17, 15) is 4.79 Å². The Balaban J connectivity index is 2.42. The van der Waals surface area contributed by atoms with E-state index in [2.05, 4.69) is 4.98 Å². The van der Waals surface area contributed by atoms with E-state index >= 15 is 0 Å². The lowest BCUT2D eigenvalue weighted by Gasteiger charge is -2.17. The van der Waals surface area contributed by atoms with Crippen LogP contribution in [0.3, 0.4) is 0 Å². The fourth-order valence-corrected chi connectivity index (χ4v) is 1.39. The monoisotopic (exact) mass is 222 g/mol. The van der Waals surface area contributed by atoms with E-state index in [1.165, 1.54) is 12.3 Å². The topological polar surface area (TPSA) is 62.7 Å². The molecule has 0 spiro atoms. The molecular weight excluding hydrogens is 208 g/mol. The third-order valence-corrected chi connectivity index (χ3v) is 2.35.